The van der Waals surface area contributed by atoms with E-state index in [1.54, 1.807) is 41.8 Å². The topological polar surface area (TPSA) is 107 Å². The first-order chi connectivity index (χ1) is 14.1. The number of imidazole rings is 1. The first-order valence-corrected chi connectivity index (χ1v) is 8.83. The summed E-state index contributed by atoms with van der Waals surface area (Å²) in [6, 6.07) is 18.3. The van der Waals surface area contributed by atoms with Crippen LogP contribution in [0.3, 0.4) is 0 Å². The molecule has 0 saturated carbocycles. The van der Waals surface area contributed by atoms with Crippen molar-refractivity contribution in [2.45, 2.75) is 0 Å². The zero-order chi connectivity index (χ0) is 20.1. The minimum absolute atomic E-state index is 0.162. The molecule has 0 bridgehead atoms. The number of pyridine rings is 1. The molecule has 140 valence electrons. The largest absolute Gasteiger partial charge is 0.497 e. The van der Waals surface area contributed by atoms with Crippen molar-refractivity contribution in [2.24, 2.45) is 0 Å². The Morgan fingerprint density at radius 1 is 1.17 bits per heavy atom. The second-order valence-corrected chi connectivity index (χ2v) is 6.55. The SMILES string of the molecule is COc1ccc(-c2cc3c(C#N)c4nc5ccccc5n4c(N)c3c(=O)o2)cc1. The van der Waals surface area contributed by atoms with E-state index in [0.29, 0.717) is 33.6 Å². The Morgan fingerprint density at radius 3 is 2.66 bits per heavy atom. The van der Waals surface area contributed by atoms with E-state index < -0.39 is 5.63 Å². The summed E-state index contributed by atoms with van der Waals surface area (Å²) in [6.07, 6.45) is 0. The van der Waals surface area contributed by atoms with E-state index >= 15 is 0 Å². The number of aromatic nitrogens is 2. The molecule has 0 atom stereocenters. The molecule has 0 amide bonds. The Balaban J connectivity index is 1.91. The fourth-order valence-corrected chi connectivity index (χ4v) is 3.61. The van der Waals surface area contributed by atoms with Gasteiger partial charge < -0.3 is 14.9 Å². The van der Waals surface area contributed by atoms with Crippen molar-refractivity contribution >= 4 is 33.3 Å². The van der Waals surface area contributed by atoms with Gasteiger partial charge in [0.1, 0.15) is 34.3 Å². The van der Waals surface area contributed by atoms with Crippen LogP contribution in [0.5, 0.6) is 5.75 Å². The van der Waals surface area contributed by atoms with Gasteiger partial charge in [-0.2, -0.15) is 5.26 Å². The number of benzene rings is 2. The third-order valence-corrected chi connectivity index (χ3v) is 4.99. The zero-order valence-electron chi connectivity index (χ0n) is 15.3. The van der Waals surface area contributed by atoms with Crippen molar-refractivity contribution < 1.29 is 9.15 Å². The van der Waals surface area contributed by atoms with E-state index in [2.05, 4.69) is 11.1 Å². The summed E-state index contributed by atoms with van der Waals surface area (Å²) in [4.78, 5) is 17.4. The predicted molar refractivity (Wildman–Crippen MR) is 110 cm³/mol. The number of para-hydroxylation sites is 2. The molecule has 0 aliphatic carbocycles. The minimum atomic E-state index is -0.609. The molecule has 0 aliphatic rings. The summed E-state index contributed by atoms with van der Waals surface area (Å²) < 4.78 is 12.3. The first-order valence-electron chi connectivity index (χ1n) is 8.83. The van der Waals surface area contributed by atoms with Gasteiger partial charge in [0.15, 0.2) is 5.65 Å². The monoisotopic (exact) mass is 382 g/mol. The number of rotatable bonds is 2. The molecule has 2 N–H and O–H groups in total. The van der Waals surface area contributed by atoms with Crippen molar-refractivity contribution in [3.05, 3.63) is 70.6 Å². The third-order valence-electron chi connectivity index (χ3n) is 4.99. The van der Waals surface area contributed by atoms with E-state index in [1.165, 1.54) is 0 Å². The van der Waals surface area contributed by atoms with Crippen LogP contribution < -0.4 is 16.1 Å². The van der Waals surface area contributed by atoms with Crippen molar-refractivity contribution in [1.82, 2.24) is 9.38 Å². The molecule has 29 heavy (non-hydrogen) atoms. The van der Waals surface area contributed by atoms with E-state index in [1.807, 2.05) is 24.3 Å². The van der Waals surface area contributed by atoms with Gasteiger partial charge in [-0.1, -0.05) is 12.1 Å². The molecule has 7 heteroatoms. The maximum absolute atomic E-state index is 12.9. The van der Waals surface area contributed by atoms with Crippen LogP contribution in [0.15, 0.2) is 63.8 Å². The summed E-state index contributed by atoms with van der Waals surface area (Å²) >= 11 is 0. The number of hydrogen-bond donors (Lipinski definition) is 1. The Kier molecular flexibility index (Phi) is 3.54. The number of nitrogens with zero attached hydrogens (tertiary/aromatic N) is 3. The molecule has 5 aromatic rings. The molecule has 3 aromatic heterocycles. The van der Waals surface area contributed by atoms with Crippen LogP contribution in [0, 0.1) is 11.3 Å². The van der Waals surface area contributed by atoms with Crippen LogP contribution in [0.25, 0.3) is 38.8 Å². The highest BCUT2D eigenvalue weighted by Gasteiger charge is 2.20. The molecule has 2 aromatic carbocycles. The van der Waals surface area contributed by atoms with Crippen LogP contribution >= 0.6 is 0 Å². The first kappa shape index (κ1) is 16.8. The molecule has 0 spiro atoms. The highest BCUT2D eigenvalue weighted by atomic mass is 16.5. The smallest absolute Gasteiger partial charge is 0.347 e. The van der Waals surface area contributed by atoms with E-state index in [4.69, 9.17) is 14.9 Å². The lowest BCUT2D eigenvalue weighted by atomic mass is 10.1. The number of nitrogens with two attached hydrogens (primary N) is 1. The van der Waals surface area contributed by atoms with Crippen LogP contribution in [0.1, 0.15) is 5.56 Å². The van der Waals surface area contributed by atoms with Crippen molar-refractivity contribution in [1.29, 1.82) is 5.26 Å². The van der Waals surface area contributed by atoms with Gasteiger partial charge in [0.25, 0.3) is 0 Å². The summed E-state index contributed by atoms with van der Waals surface area (Å²) in [5.74, 6) is 1.21. The predicted octanol–water partition coefficient (Wildman–Crippen LogP) is 3.72. The summed E-state index contributed by atoms with van der Waals surface area (Å²) in [5, 5.41) is 10.5. The summed E-state index contributed by atoms with van der Waals surface area (Å²) in [6.45, 7) is 0. The molecule has 5 rings (SSSR count). The molecule has 0 saturated heterocycles. The number of hydrogen-bond acceptors (Lipinski definition) is 6. The minimum Gasteiger partial charge on any atom is -0.497 e. The second-order valence-electron chi connectivity index (χ2n) is 6.55. The van der Waals surface area contributed by atoms with Gasteiger partial charge in [0.2, 0.25) is 0 Å². The Labute approximate surface area is 164 Å². The quantitative estimate of drug-likeness (QED) is 0.499. The Morgan fingerprint density at radius 2 is 1.93 bits per heavy atom. The molecule has 0 aliphatic heterocycles. The third kappa shape index (κ3) is 2.36. The average molecular weight is 382 g/mol. The highest BCUT2D eigenvalue weighted by molar-refractivity contribution is 6.02. The van der Waals surface area contributed by atoms with Crippen LogP contribution in [0.2, 0.25) is 0 Å². The van der Waals surface area contributed by atoms with Crippen LogP contribution in [0.4, 0.5) is 5.82 Å². The van der Waals surface area contributed by atoms with Gasteiger partial charge in [-0.3, -0.25) is 4.40 Å². The summed E-state index contributed by atoms with van der Waals surface area (Å²) in [7, 11) is 1.58. The number of nitrogen functional groups attached to an aromatic ring is 1. The standard InChI is InChI=1S/C22H14N4O3/c1-28-13-8-6-12(7-9-13)18-10-14-15(11-23)21-25-16-4-2-3-5-17(16)26(21)20(24)19(14)22(27)29-18/h2-10H,24H2,1H3. The lowest BCUT2D eigenvalue weighted by Gasteiger charge is -2.10. The fraction of sp³-hybridized carbons (Fsp3) is 0.0455. The molecular weight excluding hydrogens is 368 g/mol. The van der Waals surface area contributed by atoms with E-state index in [9.17, 15) is 10.1 Å². The van der Waals surface area contributed by atoms with E-state index in [-0.39, 0.29) is 16.8 Å². The number of ether oxygens (including phenoxy) is 1. The zero-order valence-corrected chi connectivity index (χ0v) is 15.3. The molecule has 0 unspecified atom stereocenters. The van der Waals surface area contributed by atoms with Crippen molar-refractivity contribution in [2.75, 3.05) is 12.8 Å². The van der Waals surface area contributed by atoms with Crippen LogP contribution in [-0.2, 0) is 0 Å². The molecule has 0 fully saturated rings. The Bertz CT molecular complexity index is 1520. The number of nitriles is 1. The van der Waals surface area contributed by atoms with E-state index in [0.717, 1.165) is 5.52 Å². The number of fused-ring (bicyclic) bond motifs is 4. The van der Waals surface area contributed by atoms with Crippen LogP contribution in [-0.4, -0.2) is 16.5 Å². The summed E-state index contributed by atoms with van der Waals surface area (Å²) in [5.41, 5.74) is 8.51. The van der Waals surface area contributed by atoms with Gasteiger partial charge in [0, 0.05) is 10.9 Å². The second kappa shape index (κ2) is 6.11. The van der Waals surface area contributed by atoms with Gasteiger partial charge in [0.05, 0.1) is 18.1 Å². The average Bonchev–Trinajstić information content (AvgIpc) is 3.13. The van der Waals surface area contributed by atoms with Crippen molar-refractivity contribution in [3.8, 4) is 23.1 Å². The number of methoxy groups -OCH3 is 1. The fourth-order valence-electron chi connectivity index (χ4n) is 3.61. The molecule has 7 nitrogen and oxygen atoms in total. The van der Waals surface area contributed by atoms with Gasteiger partial charge in [-0.25, -0.2) is 9.78 Å². The van der Waals surface area contributed by atoms with Gasteiger partial charge >= 0.3 is 5.63 Å². The highest BCUT2D eigenvalue weighted by Crippen LogP contribution is 2.32. The maximum Gasteiger partial charge on any atom is 0.347 e. The number of anilines is 1. The molecule has 3 heterocycles. The van der Waals surface area contributed by atoms with Crippen molar-refractivity contribution in [3.63, 3.8) is 0 Å². The normalized spacial score (nSPS) is 11.2. The lowest BCUT2D eigenvalue weighted by molar-refractivity contribution is 0.415. The molecular formula is C22H14N4O3. The lowest BCUT2D eigenvalue weighted by Crippen LogP contribution is -2.09. The van der Waals surface area contributed by atoms with Gasteiger partial charge in [-0.15, -0.1) is 0 Å². The van der Waals surface area contributed by atoms with Gasteiger partial charge in [-0.05, 0) is 42.5 Å². The Hall–Kier alpha value is -4.31. The maximum atomic E-state index is 12.9. The molecule has 0 radical (unpaired) electrons.